The zero-order valence-electron chi connectivity index (χ0n) is 17.9. The van der Waals surface area contributed by atoms with E-state index in [1.54, 1.807) is 11.8 Å². The molecule has 164 valence electrons. The highest BCUT2D eigenvalue weighted by atomic mass is 79.9. The van der Waals surface area contributed by atoms with E-state index in [4.69, 9.17) is 0 Å². The summed E-state index contributed by atoms with van der Waals surface area (Å²) in [7, 11) is 0. The lowest BCUT2D eigenvalue weighted by Gasteiger charge is -2.40. The summed E-state index contributed by atoms with van der Waals surface area (Å²) in [6, 6.07) is 15.4. The largest absolute Gasteiger partial charge is 0.355 e. The van der Waals surface area contributed by atoms with Crippen LogP contribution in [0, 0.1) is 6.92 Å². The van der Waals surface area contributed by atoms with Crippen LogP contribution in [0.1, 0.15) is 37.3 Å². The van der Waals surface area contributed by atoms with Crippen molar-refractivity contribution in [1.82, 2.24) is 10.2 Å². The Balaban J connectivity index is 1.63. The standard InChI is InChI=1S/C24H28BrN3O3/c1-17-8-9-20(25)16-21(17)27-22(30)10-13-26-23(31)24(19-6-4-3-5-7-19)11-14-28(15-12-24)18(2)29/h3-9,16H,10-15H2,1-2H3,(H,26,31)(H,27,30). The Morgan fingerprint density at radius 2 is 1.74 bits per heavy atom. The van der Waals surface area contributed by atoms with Gasteiger partial charge in [0.15, 0.2) is 0 Å². The van der Waals surface area contributed by atoms with Gasteiger partial charge in [0, 0.05) is 43.1 Å². The van der Waals surface area contributed by atoms with Crippen LogP contribution in [0.2, 0.25) is 0 Å². The van der Waals surface area contributed by atoms with Gasteiger partial charge in [0.05, 0.1) is 5.41 Å². The molecule has 1 heterocycles. The van der Waals surface area contributed by atoms with Gasteiger partial charge in [-0.15, -0.1) is 0 Å². The van der Waals surface area contributed by atoms with Gasteiger partial charge in [0.25, 0.3) is 0 Å². The first kappa shape index (κ1) is 23.0. The Morgan fingerprint density at radius 3 is 2.39 bits per heavy atom. The molecule has 0 radical (unpaired) electrons. The van der Waals surface area contributed by atoms with E-state index >= 15 is 0 Å². The second kappa shape index (κ2) is 10.1. The van der Waals surface area contributed by atoms with E-state index < -0.39 is 5.41 Å². The third kappa shape index (κ3) is 5.53. The van der Waals surface area contributed by atoms with Crippen molar-refractivity contribution in [2.24, 2.45) is 0 Å². The minimum atomic E-state index is -0.690. The molecular formula is C24H28BrN3O3. The van der Waals surface area contributed by atoms with Crippen molar-refractivity contribution in [3.8, 4) is 0 Å². The summed E-state index contributed by atoms with van der Waals surface area (Å²) < 4.78 is 0.892. The number of halogens is 1. The molecule has 7 heteroatoms. The summed E-state index contributed by atoms with van der Waals surface area (Å²) in [5, 5.41) is 5.87. The summed E-state index contributed by atoms with van der Waals surface area (Å²) in [5.74, 6) is -0.211. The van der Waals surface area contributed by atoms with Crippen molar-refractivity contribution in [3.05, 3.63) is 64.1 Å². The minimum Gasteiger partial charge on any atom is -0.355 e. The maximum absolute atomic E-state index is 13.3. The molecule has 2 aromatic carbocycles. The van der Waals surface area contributed by atoms with E-state index in [0.717, 1.165) is 21.3 Å². The highest BCUT2D eigenvalue weighted by Crippen LogP contribution is 2.36. The number of amides is 3. The molecule has 2 N–H and O–H groups in total. The monoisotopic (exact) mass is 485 g/mol. The SMILES string of the molecule is CC(=O)N1CCC(C(=O)NCCC(=O)Nc2cc(Br)ccc2C)(c2ccccc2)CC1. The van der Waals surface area contributed by atoms with Gasteiger partial charge in [-0.05, 0) is 43.0 Å². The number of carbonyl (C=O) groups excluding carboxylic acids is 3. The Morgan fingerprint density at radius 1 is 1.06 bits per heavy atom. The molecule has 3 amide bonds. The number of hydrogen-bond donors (Lipinski definition) is 2. The van der Waals surface area contributed by atoms with Gasteiger partial charge in [0.2, 0.25) is 17.7 Å². The Kier molecular flexibility index (Phi) is 7.49. The number of nitrogens with one attached hydrogen (secondary N) is 2. The average molecular weight is 486 g/mol. The normalized spacial score (nSPS) is 15.3. The van der Waals surface area contributed by atoms with E-state index in [1.807, 2.05) is 55.5 Å². The summed E-state index contributed by atoms with van der Waals surface area (Å²) >= 11 is 3.41. The van der Waals surface area contributed by atoms with Crippen molar-refractivity contribution in [2.45, 2.75) is 38.5 Å². The van der Waals surface area contributed by atoms with Crippen LogP contribution in [0.25, 0.3) is 0 Å². The number of hydrogen-bond acceptors (Lipinski definition) is 3. The lowest BCUT2D eigenvalue weighted by molar-refractivity contribution is -0.135. The number of carbonyl (C=O) groups is 3. The van der Waals surface area contributed by atoms with Gasteiger partial charge in [-0.3, -0.25) is 14.4 Å². The fourth-order valence-corrected chi connectivity index (χ4v) is 4.37. The Hall–Kier alpha value is -2.67. The highest BCUT2D eigenvalue weighted by molar-refractivity contribution is 9.10. The zero-order valence-corrected chi connectivity index (χ0v) is 19.5. The van der Waals surface area contributed by atoms with Gasteiger partial charge >= 0.3 is 0 Å². The van der Waals surface area contributed by atoms with Gasteiger partial charge < -0.3 is 15.5 Å². The van der Waals surface area contributed by atoms with Crippen molar-refractivity contribution in [2.75, 3.05) is 25.0 Å². The maximum Gasteiger partial charge on any atom is 0.230 e. The first-order valence-electron chi connectivity index (χ1n) is 10.5. The van der Waals surface area contributed by atoms with Crippen molar-refractivity contribution in [1.29, 1.82) is 0 Å². The van der Waals surface area contributed by atoms with Gasteiger partial charge in [-0.2, -0.15) is 0 Å². The smallest absolute Gasteiger partial charge is 0.230 e. The molecule has 3 rings (SSSR count). The second-order valence-corrected chi connectivity index (χ2v) is 8.88. The molecule has 1 saturated heterocycles. The molecule has 0 saturated carbocycles. The number of aryl methyl sites for hydroxylation is 1. The Bertz CT molecular complexity index is 954. The van der Waals surface area contributed by atoms with Crippen LogP contribution in [0.5, 0.6) is 0 Å². The first-order valence-corrected chi connectivity index (χ1v) is 11.3. The number of anilines is 1. The third-order valence-electron chi connectivity index (χ3n) is 5.93. The second-order valence-electron chi connectivity index (χ2n) is 7.97. The molecule has 6 nitrogen and oxygen atoms in total. The molecule has 1 aliphatic rings. The van der Waals surface area contributed by atoms with Crippen LogP contribution in [-0.2, 0) is 19.8 Å². The molecule has 0 bridgehead atoms. The quantitative estimate of drug-likeness (QED) is 0.653. The minimum absolute atomic E-state index is 0.0292. The first-order chi connectivity index (χ1) is 14.8. The maximum atomic E-state index is 13.3. The molecule has 0 spiro atoms. The average Bonchev–Trinajstić information content (AvgIpc) is 2.76. The number of piperidine rings is 1. The summed E-state index contributed by atoms with van der Waals surface area (Å²) in [5.41, 5.74) is 1.98. The molecule has 31 heavy (non-hydrogen) atoms. The van der Waals surface area contributed by atoms with Crippen LogP contribution in [0.4, 0.5) is 5.69 Å². The number of likely N-dealkylation sites (tertiary alicyclic amines) is 1. The molecule has 2 aromatic rings. The molecule has 0 aliphatic carbocycles. The van der Waals surface area contributed by atoms with E-state index in [9.17, 15) is 14.4 Å². The predicted octanol–water partition coefficient (Wildman–Crippen LogP) is 3.78. The lowest BCUT2D eigenvalue weighted by atomic mass is 9.72. The van der Waals surface area contributed by atoms with Crippen LogP contribution >= 0.6 is 15.9 Å². The van der Waals surface area contributed by atoms with Gasteiger partial charge in [0.1, 0.15) is 0 Å². The van der Waals surface area contributed by atoms with Crippen LogP contribution < -0.4 is 10.6 Å². The van der Waals surface area contributed by atoms with Crippen molar-refractivity contribution in [3.63, 3.8) is 0 Å². The highest BCUT2D eigenvalue weighted by Gasteiger charge is 2.43. The third-order valence-corrected chi connectivity index (χ3v) is 6.43. The van der Waals surface area contributed by atoms with Crippen LogP contribution in [-0.4, -0.2) is 42.3 Å². The fourth-order valence-electron chi connectivity index (χ4n) is 4.01. The lowest BCUT2D eigenvalue weighted by Crippen LogP contribution is -2.52. The fraction of sp³-hybridized carbons (Fsp3) is 0.375. The molecule has 1 fully saturated rings. The van der Waals surface area contributed by atoms with E-state index in [1.165, 1.54) is 0 Å². The number of rotatable bonds is 6. The van der Waals surface area contributed by atoms with Crippen LogP contribution in [0.3, 0.4) is 0 Å². The number of benzene rings is 2. The van der Waals surface area contributed by atoms with Gasteiger partial charge in [-0.25, -0.2) is 0 Å². The predicted molar refractivity (Wildman–Crippen MR) is 125 cm³/mol. The van der Waals surface area contributed by atoms with E-state index in [0.29, 0.717) is 25.9 Å². The molecular weight excluding hydrogens is 458 g/mol. The van der Waals surface area contributed by atoms with Crippen molar-refractivity contribution < 1.29 is 14.4 Å². The molecule has 1 aliphatic heterocycles. The molecule has 0 aromatic heterocycles. The molecule has 0 atom stereocenters. The topological polar surface area (TPSA) is 78.5 Å². The summed E-state index contributed by atoms with van der Waals surface area (Å²) in [6.45, 7) is 4.82. The summed E-state index contributed by atoms with van der Waals surface area (Å²) in [4.78, 5) is 39.2. The molecule has 0 unspecified atom stereocenters. The Labute approximate surface area is 191 Å². The summed E-state index contributed by atoms with van der Waals surface area (Å²) in [6.07, 6.45) is 1.31. The van der Waals surface area contributed by atoms with Crippen molar-refractivity contribution >= 4 is 39.3 Å². The number of nitrogens with zero attached hydrogens (tertiary/aromatic N) is 1. The van der Waals surface area contributed by atoms with E-state index in [2.05, 4.69) is 26.6 Å². The van der Waals surface area contributed by atoms with E-state index in [-0.39, 0.29) is 30.7 Å². The van der Waals surface area contributed by atoms with Crippen LogP contribution in [0.15, 0.2) is 53.0 Å². The zero-order chi connectivity index (χ0) is 22.4. The van der Waals surface area contributed by atoms with Gasteiger partial charge in [-0.1, -0.05) is 52.3 Å².